The van der Waals surface area contributed by atoms with Gasteiger partial charge in [0.05, 0.1) is 31.9 Å². The smallest absolute Gasteiger partial charge is 0.306 e. The number of imide groups is 1. The summed E-state index contributed by atoms with van der Waals surface area (Å²) in [5.74, 6) is 0.821. The van der Waals surface area contributed by atoms with Crippen molar-refractivity contribution in [2.45, 2.75) is 0 Å². The number of benzene rings is 2. The van der Waals surface area contributed by atoms with E-state index in [1.807, 2.05) is 6.07 Å². The van der Waals surface area contributed by atoms with Crippen molar-refractivity contribution >= 4 is 39.1 Å². The lowest BCUT2D eigenvalue weighted by molar-refractivity contribution is -0.123. The van der Waals surface area contributed by atoms with Gasteiger partial charge in [0.15, 0.2) is 23.0 Å². The summed E-state index contributed by atoms with van der Waals surface area (Å²) in [4.78, 5) is 26.3. The average molecular weight is 480 g/mol. The lowest BCUT2D eigenvalue weighted by Crippen LogP contribution is -2.32. The van der Waals surface area contributed by atoms with Crippen molar-refractivity contribution in [2.75, 3.05) is 33.6 Å². The van der Waals surface area contributed by atoms with Gasteiger partial charge < -0.3 is 18.4 Å². The first-order chi connectivity index (χ1) is 15.2. The number of para-hydroxylation sites is 2. The monoisotopic (exact) mass is 479 g/mol. The molecule has 2 aromatic carbocycles. The molecule has 1 saturated heterocycles. The average Bonchev–Trinajstić information content (AvgIpc) is 3.01. The van der Waals surface area contributed by atoms with E-state index in [1.165, 1.54) is 32.4 Å². The number of carbonyl (C=O) groups is 2. The van der Waals surface area contributed by atoms with Crippen LogP contribution in [0.4, 0.5) is 4.79 Å². The van der Waals surface area contributed by atoms with Gasteiger partial charge in [0.2, 0.25) is 0 Å². The topological polar surface area (TPSA) is 108 Å². The molecule has 1 aliphatic heterocycles. The van der Waals surface area contributed by atoms with E-state index in [0.717, 1.165) is 22.9 Å². The number of nitrogens with zero attached hydrogens (tertiary/aromatic N) is 1. The van der Waals surface area contributed by atoms with Gasteiger partial charge in [0.1, 0.15) is 6.61 Å². The van der Waals surface area contributed by atoms with Crippen LogP contribution in [0.2, 0.25) is 0 Å². The summed E-state index contributed by atoms with van der Waals surface area (Å²) in [5, 5.41) is -0.408. The summed E-state index contributed by atoms with van der Waals surface area (Å²) < 4.78 is 43.6. The van der Waals surface area contributed by atoms with E-state index in [0.29, 0.717) is 17.1 Å². The van der Waals surface area contributed by atoms with Crippen molar-refractivity contribution in [3.63, 3.8) is 0 Å². The predicted molar refractivity (Wildman–Crippen MR) is 120 cm³/mol. The van der Waals surface area contributed by atoms with Crippen molar-refractivity contribution < 1.29 is 36.4 Å². The molecule has 0 saturated carbocycles. The molecule has 0 unspecified atom stereocenters. The molecule has 0 radical (unpaired) electrons. The minimum absolute atomic E-state index is 0.0220. The highest BCUT2D eigenvalue weighted by Crippen LogP contribution is 2.35. The zero-order chi connectivity index (χ0) is 23.3. The van der Waals surface area contributed by atoms with Gasteiger partial charge in [-0.25, -0.2) is 0 Å². The number of methoxy groups -OCH3 is 2. The zero-order valence-corrected chi connectivity index (χ0v) is 19.2. The Morgan fingerprint density at radius 2 is 1.66 bits per heavy atom. The van der Waals surface area contributed by atoms with Gasteiger partial charge in [-0.05, 0) is 47.7 Å². The maximum Gasteiger partial charge on any atom is 0.306 e. The number of hydrogen-bond acceptors (Lipinski definition) is 9. The van der Waals surface area contributed by atoms with Gasteiger partial charge in [0.25, 0.3) is 11.1 Å². The molecule has 170 valence electrons. The molecular weight excluding hydrogens is 458 g/mol. The van der Waals surface area contributed by atoms with Gasteiger partial charge >= 0.3 is 10.1 Å². The van der Waals surface area contributed by atoms with E-state index < -0.39 is 21.3 Å². The van der Waals surface area contributed by atoms with E-state index in [9.17, 15) is 18.0 Å². The lowest BCUT2D eigenvalue weighted by Gasteiger charge is -2.14. The SMILES string of the molecule is COc1ccccc1OCCN1C(=O)S/C(=C\c2ccc(OS(C)(=O)=O)c(OC)c2)C1=O. The van der Waals surface area contributed by atoms with Crippen molar-refractivity contribution in [2.24, 2.45) is 0 Å². The standard InChI is InChI=1S/C21H21NO8S2/c1-27-15-6-4-5-7-16(15)29-11-10-22-20(23)19(31-21(22)24)13-14-8-9-17(18(12-14)28-2)30-32(3,25)26/h4-9,12-13H,10-11H2,1-3H3/b19-13-. The maximum absolute atomic E-state index is 12.7. The van der Waals surface area contributed by atoms with E-state index in [2.05, 4.69) is 0 Å². The molecular formula is C21H21NO8S2. The Balaban J connectivity index is 1.69. The summed E-state index contributed by atoms with van der Waals surface area (Å²) >= 11 is 0.809. The second kappa shape index (κ2) is 9.96. The fourth-order valence-corrected chi connectivity index (χ4v) is 4.16. The van der Waals surface area contributed by atoms with Crippen LogP contribution in [-0.4, -0.2) is 58.1 Å². The Hall–Kier alpha value is -3.18. The Morgan fingerprint density at radius 3 is 2.31 bits per heavy atom. The highest BCUT2D eigenvalue weighted by atomic mass is 32.2. The molecule has 9 nitrogen and oxygen atoms in total. The Morgan fingerprint density at radius 1 is 0.969 bits per heavy atom. The Kier molecular flexibility index (Phi) is 7.31. The number of thioether (sulfide) groups is 1. The summed E-state index contributed by atoms with van der Waals surface area (Å²) in [6.45, 7) is 0.182. The molecule has 1 fully saturated rings. The van der Waals surface area contributed by atoms with Crippen LogP contribution in [0.25, 0.3) is 6.08 Å². The van der Waals surface area contributed by atoms with Crippen LogP contribution in [0.5, 0.6) is 23.0 Å². The molecule has 0 bridgehead atoms. The number of rotatable bonds is 9. The molecule has 3 rings (SSSR count). The van der Waals surface area contributed by atoms with Gasteiger partial charge in [-0.2, -0.15) is 8.42 Å². The normalized spacial score (nSPS) is 15.2. The fraction of sp³-hybridized carbons (Fsp3) is 0.238. The molecule has 11 heteroatoms. The number of ether oxygens (including phenoxy) is 3. The molecule has 0 N–H and O–H groups in total. The molecule has 0 atom stereocenters. The molecule has 2 aromatic rings. The van der Waals surface area contributed by atoms with Crippen LogP contribution in [0.1, 0.15) is 5.56 Å². The third-order valence-corrected chi connectivity index (χ3v) is 5.63. The quantitative estimate of drug-likeness (QED) is 0.396. The second-order valence-corrected chi connectivity index (χ2v) is 9.10. The van der Waals surface area contributed by atoms with Gasteiger partial charge in [-0.3, -0.25) is 14.5 Å². The van der Waals surface area contributed by atoms with Crippen molar-refractivity contribution in [1.82, 2.24) is 4.90 Å². The molecule has 0 spiro atoms. The van der Waals surface area contributed by atoms with E-state index in [-0.39, 0.29) is 29.6 Å². The van der Waals surface area contributed by atoms with E-state index >= 15 is 0 Å². The molecule has 1 aliphatic rings. The molecule has 2 amide bonds. The van der Waals surface area contributed by atoms with Crippen LogP contribution in [0.15, 0.2) is 47.4 Å². The molecule has 32 heavy (non-hydrogen) atoms. The first kappa shape index (κ1) is 23.5. The predicted octanol–water partition coefficient (Wildman–Crippen LogP) is 3.16. The number of hydrogen-bond donors (Lipinski definition) is 0. The van der Waals surface area contributed by atoms with Crippen LogP contribution in [-0.2, 0) is 14.9 Å². The van der Waals surface area contributed by atoms with E-state index in [4.69, 9.17) is 18.4 Å². The largest absolute Gasteiger partial charge is 0.493 e. The molecule has 0 aliphatic carbocycles. The van der Waals surface area contributed by atoms with Crippen LogP contribution < -0.4 is 18.4 Å². The number of amides is 2. The van der Waals surface area contributed by atoms with Crippen molar-refractivity contribution in [1.29, 1.82) is 0 Å². The minimum Gasteiger partial charge on any atom is -0.493 e. The third-order valence-electron chi connectivity index (χ3n) is 4.24. The van der Waals surface area contributed by atoms with E-state index in [1.54, 1.807) is 24.3 Å². The second-order valence-electron chi connectivity index (χ2n) is 6.53. The minimum atomic E-state index is -3.73. The highest BCUT2D eigenvalue weighted by molar-refractivity contribution is 8.18. The van der Waals surface area contributed by atoms with Crippen molar-refractivity contribution in [3.05, 3.63) is 52.9 Å². The Bertz CT molecular complexity index is 1160. The summed E-state index contributed by atoms with van der Waals surface area (Å²) in [6.07, 6.45) is 2.45. The first-order valence-corrected chi connectivity index (χ1v) is 11.9. The van der Waals surface area contributed by atoms with Gasteiger partial charge in [-0.15, -0.1) is 0 Å². The Labute approximate surface area is 190 Å². The summed E-state index contributed by atoms with van der Waals surface area (Å²) in [6, 6.07) is 11.6. The third kappa shape index (κ3) is 5.74. The van der Waals surface area contributed by atoms with Gasteiger partial charge in [0, 0.05) is 0 Å². The molecule has 0 aromatic heterocycles. The summed E-state index contributed by atoms with van der Waals surface area (Å²) in [7, 11) is -0.836. The van der Waals surface area contributed by atoms with Crippen LogP contribution in [0, 0.1) is 0 Å². The maximum atomic E-state index is 12.7. The van der Waals surface area contributed by atoms with Crippen LogP contribution >= 0.6 is 11.8 Å². The number of carbonyl (C=O) groups excluding carboxylic acids is 2. The van der Waals surface area contributed by atoms with Crippen LogP contribution in [0.3, 0.4) is 0 Å². The summed E-state index contributed by atoms with van der Waals surface area (Å²) in [5.41, 5.74) is 0.540. The fourth-order valence-electron chi connectivity index (χ4n) is 2.83. The van der Waals surface area contributed by atoms with Crippen molar-refractivity contribution in [3.8, 4) is 23.0 Å². The van der Waals surface area contributed by atoms with Gasteiger partial charge in [-0.1, -0.05) is 18.2 Å². The first-order valence-electron chi connectivity index (χ1n) is 9.30. The molecule has 1 heterocycles. The lowest BCUT2D eigenvalue weighted by atomic mass is 10.2. The highest BCUT2D eigenvalue weighted by Gasteiger charge is 2.34. The zero-order valence-electron chi connectivity index (χ0n) is 17.6.